The van der Waals surface area contributed by atoms with Crippen molar-refractivity contribution in [3.8, 4) is 5.69 Å². The van der Waals surface area contributed by atoms with Gasteiger partial charge in [0.15, 0.2) is 0 Å². The standard InChI is InChI=1S/C22H25N3O2Si/c1-16(17-9-8-12-19(15-17)28(2,3)4)23-22(27)20-13-14-21(26)25(24-20)18-10-6-5-7-11-18/h5-16H,1-4H3,(H,23,27). The Labute approximate surface area is 166 Å². The highest BCUT2D eigenvalue weighted by molar-refractivity contribution is 6.88. The fourth-order valence-electron chi connectivity index (χ4n) is 2.91. The molecule has 0 aliphatic rings. The molecule has 0 saturated carbocycles. The number of amides is 1. The van der Waals surface area contributed by atoms with Crippen molar-refractivity contribution in [3.63, 3.8) is 0 Å². The van der Waals surface area contributed by atoms with Crippen molar-refractivity contribution in [1.82, 2.24) is 15.1 Å². The van der Waals surface area contributed by atoms with Crippen molar-refractivity contribution < 1.29 is 4.79 Å². The van der Waals surface area contributed by atoms with Crippen LogP contribution in [0.2, 0.25) is 19.6 Å². The molecule has 0 aliphatic carbocycles. The number of benzene rings is 2. The SMILES string of the molecule is CC(NC(=O)c1ccc(=O)n(-c2ccccc2)n1)c1cccc([Si](C)(C)C)c1. The minimum atomic E-state index is -1.43. The fraction of sp³-hybridized carbons (Fsp3) is 0.227. The van der Waals surface area contributed by atoms with Crippen LogP contribution < -0.4 is 16.1 Å². The third-order valence-corrected chi connectivity index (χ3v) is 6.68. The van der Waals surface area contributed by atoms with E-state index in [0.717, 1.165) is 5.56 Å². The summed E-state index contributed by atoms with van der Waals surface area (Å²) in [5.41, 5.74) is 1.61. The molecule has 144 valence electrons. The number of aromatic nitrogens is 2. The van der Waals surface area contributed by atoms with Gasteiger partial charge in [-0.05, 0) is 30.7 Å². The zero-order chi connectivity index (χ0) is 20.3. The molecular formula is C22H25N3O2Si. The second-order valence-corrected chi connectivity index (χ2v) is 13.0. The van der Waals surface area contributed by atoms with Gasteiger partial charge in [0.25, 0.3) is 11.5 Å². The van der Waals surface area contributed by atoms with Gasteiger partial charge in [-0.25, -0.2) is 0 Å². The third kappa shape index (κ3) is 4.46. The van der Waals surface area contributed by atoms with Gasteiger partial charge >= 0.3 is 0 Å². The van der Waals surface area contributed by atoms with Gasteiger partial charge in [0, 0.05) is 6.07 Å². The molecule has 1 atom stereocenters. The Morgan fingerprint density at radius 2 is 1.71 bits per heavy atom. The van der Waals surface area contributed by atoms with Crippen molar-refractivity contribution >= 4 is 19.2 Å². The Balaban J connectivity index is 1.83. The summed E-state index contributed by atoms with van der Waals surface area (Å²) in [6.07, 6.45) is 0. The average Bonchev–Trinajstić information content (AvgIpc) is 2.68. The molecule has 0 spiro atoms. The first kappa shape index (κ1) is 19.8. The lowest BCUT2D eigenvalue weighted by Gasteiger charge is -2.20. The molecule has 1 amide bonds. The van der Waals surface area contributed by atoms with Gasteiger partial charge in [-0.15, -0.1) is 0 Å². The van der Waals surface area contributed by atoms with E-state index in [1.54, 1.807) is 12.1 Å². The van der Waals surface area contributed by atoms with E-state index in [9.17, 15) is 9.59 Å². The molecule has 28 heavy (non-hydrogen) atoms. The molecule has 1 unspecified atom stereocenters. The summed E-state index contributed by atoms with van der Waals surface area (Å²) >= 11 is 0. The lowest BCUT2D eigenvalue weighted by molar-refractivity contribution is 0.0933. The molecule has 5 nitrogen and oxygen atoms in total. The van der Waals surface area contributed by atoms with E-state index < -0.39 is 8.07 Å². The lowest BCUT2D eigenvalue weighted by Crippen LogP contribution is -2.38. The van der Waals surface area contributed by atoms with Crippen LogP contribution in [0.5, 0.6) is 0 Å². The summed E-state index contributed by atoms with van der Waals surface area (Å²) in [6, 6.07) is 20.1. The largest absolute Gasteiger partial charge is 0.344 e. The molecule has 2 aromatic carbocycles. The summed E-state index contributed by atoms with van der Waals surface area (Å²) in [7, 11) is -1.43. The minimum Gasteiger partial charge on any atom is -0.344 e. The van der Waals surface area contributed by atoms with Crippen molar-refractivity contribution in [2.45, 2.75) is 32.6 Å². The van der Waals surface area contributed by atoms with E-state index in [0.29, 0.717) is 5.69 Å². The van der Waals surface area contributed by atoms with Gasteiger partial charge in [0.2, 0.25) is 0 Å². The summed E-state index contributed by atoms with van der Waals surface area (Å²) < 4.78 is 1.24. The van der Waals surface area contributed by atoms with Gasteiger partial charge < -0.3 is 5.32 Å². The molecule has 0 aliphatic heterocycles. The lowest BCUT2D eigenvalue weighted by atomic mass is 10.1. The highest BCUT2D eigenvalue weighted by Gasteiger charge is 2.19. The van der Waals surface area contributed by atoms with Gasteiger partial charge in [0.05, 0.1) is 19.8 Å². The van der Waals surface area contributed by atoms with Crippen LogP contribution in [-0.4, -0.2) is 23.8 Å². The summed E-state index contributed by atoms with van der Waals surface area (Å²) in [5.74, 6) is -0.310. The van der Waals surface area contributed by atoms with E-state index in [1.807, 2.05) is 37.3 Å². The van der Waals surface area contributed by atoms with Crippen LogP contribution >= 0.6 is 0 Å². The first-order valence-corrected chi connectivity index (χ1v) is 12.8. The predicted octanol–water partition coefficient (Wildman–Crippen LogP) is 3.27. The molecule has 1 N–H and O–H groups in total. The quantitative estimate of drug-likeness (QED) is 0.679. The van der Waals surface area contributed by atoms with Gasteiger partial charge in [-0.3, -0.25) is 9.59 Å². The third-order valence-electron chi connectivity index (χ3n) is 4.63. The predicted molar refractivity (Wildman–Crippen MR) is 115 cm³/mol. The summed E-state index contributed by atoms with van der Waals surface area (Å²) in [5, 5.41) is 8.58. The van der Waals surface area contributed by atoms with Crippen molar-refractivity contribution in [2.24, 2.45) is 0 Å². The molecule has 3 aromatic rings. The first-order valence-electron chi connectivity index (χ1n) is 9.33. The molecule has 1 heterocycles. The van der Waals surface area contributed by atoms with Crippen LogP contribution in [0.4, 0.5) is 0 Å². The molecular weight excluding hydrogens is 366 g/mol. The number of hydrogen-bond donors (Lipinski definition) is 1. The van der Waals surface area contributed by atoms with Crippen molar-refractivity contribution in [2.75, 3.05) is 0 Å². The topological polar surface area (TPSA) is 64.0 Å². The van der Waals surface area contributed by atoms with Crippen molar-refractivity contribution in [1.29, 1.82) is 0 Å². The Morgan fingerprint density at radius 3 is 2.39 bits per heavy atom. The molecule has 1 aromatic heterocycles. The Bertz CT molecular complexity index is 1040. The monoisotopic (exact) mass is 391 g/mol. The number of carbonyl (C=O) groups excluding carboxylic acids is 1. The van der Waals surface area contributed by atoms with Crippen LogP contribution in [0.1, 0.15) is 29.0 Å². The molecule has 3 rings (SSSR count). The second kappa shape index (κ2) is 7.94. The first-order chi connectivity index (χ1) is 13.3. The molecule has 0 radical (unpaired) electrons. The number of rotatable bonds is 5. The minimum absolute atomic E-state index is 0.164. The number of hydrogen-bond acceptors (Lipinski definition) is 3. The zero-order valence-corrected chi connectivity index (χ0v) is 17.6. The maximum Gasteiger partial charge on any atom is 0.272 e. The van der Waals surface area contributed by atoms with Crippen LogP contribution in [0, 0.1) is 0 Å². The Hall–Kier alpha value is -2.99. The van der Waals surface area contributed by atoms with E-state index in [2.05, 4.69) is 42.2 Å². The highest BCUT2D eigenvalue weighted by Crippen LogP contribution is 2.14. The molecule has 6 heteroatoms. The van der Waals surface area contributed by atoms with Crippen LogP contribution in [-0.2, 0) is 0 Å². The van der Waals surface area contributed by atoms with Gasteiger partial charge in [-0.2, -0.15) is 9.78 Å². The van der Waals surface area contributed by atoms with Crippen molar-refractivity contribution in [3.05, 3.63) is 88.3 Å². The van der Waals surface area contributed by atoms with Gasteiger partial charge in [-0.1, -0.05) is 67.3 Å². The number of carbonyl (C=O) groups is 1. The molecule has 0 fully saturated rings. The normalized spacial score (nSPS) is 12.4. The van der Waals surface area contributed by atoms with E-state index >= 15 is 0 Å². The average molecular weight is 392 g/mol. The number of nitrogens with zero attached hydrogens (tertiary/aromatic N) is 2. The molecule has 0 bridgehead atoms. The Morgan fingerprint density at radius 1 is 1.00 bits per heavy atom. The smallest absolute Gasteiger partial charge is 0.272 e. The molecule has 0 saturated heterocycles. The maximum atomic E-state index is 12.7. The maximum absolute atomic E-state index is 12.7. The number of nitrogens with one attached hydrogen (secondary N) is 1. The second-order valence-electron chi connectivity index (χ2n) is 7.87. The van der Waals surface area contributed by atoms with Crippen LogP contribution in [0.25, 0.3) is 5.69 Å². The fourth-order valence-corrected chi connectivity index (χ4v) is 4.11. The number of para-hydroxylation sites is 1. The van der Waals surface area contributed by atoms with Crippen LogP contribution in [0.3, 0.4) is 0 Å². The summed E-state index contributed by atoms with van der Waals surface area (Å²) in [6.45, 7) is 8.85. The van der Waals surface area contributed by atoms with E-state index in [4.69, 9.17) is 0 Å². The van der Waals surface area contributed by atoms with Crippen LogP contribution in [0.15, 0.2) is 71.5 Å². The van der Waals surface area contributed by atoms with Gasteiger partial charge in [0.1, 0.15) is 5.69 Å². The summed E-state index contributed by atoms with van der Waals surface area (Å²) in [4.78, 5) is 24.9. The van der Waals surface area contributed by atoms with E-state index in [1.165, 1.54) is 22.0 Å². The highest BCUT2D eigenvalue weighted by atomic mass is 28.3. The van der Waals surface area contributed by atoms with E-state index in [-0.39, 0.29) is 23.2 Å². The zero-order valence-electron chi connectivity index (χ0n) is 16.6. The Kier molecular flexibility index (Phi) is 5.60.